The fraction of sp³-hybridized carbons (Fsp3) is 0.308. The van der Waals surface area contributed by atoms with Gasteiger partial charge in [-0.1, -0.05) is 15.9 Å². The molecule has 1 fully saturated rings. The number of nitrogens with zero attached hydrogens (tertiary/aromatic N) is 2. The minimum atomic E-state index is -1.01. The van der Waals surface area contributed by atoms with Crippen LogP contribution in [0.25, 0.3) is 0 Å². The molecule has 0 spiro atoms. The van der Waals surface area contributed by atoms with E-state index in [9.17, 15) is 9.59 Å². The third kappa shape index (κ3) is 2.91. The Morgan fingerprint density at radius 1 is 1.50 bits per heavy atom. The van der Waals surface area contributed by atoms with Gasteiger partial charge in [0, 0.05) is 11.0 Å². The average Bonchev–Trinajstić information content (AvgIpc) is 2.88. The fourth-order valence-corrected chi connectivity index (χ4v) is 2.53. The van der Waals surface area contributed by atoms with Gasteiger partial charge >= 0.3 is 12.0 Å². The number of anilines is 1. The van der Waals surface area contributed by atoms with Crippen LogP contribution in [0.15, 0.2) is 22.7 Å². The van der Waals surface area contributed by atoms with Crippen molar-refractivity contribution in [1.29, 1.82) is 5.26 Å². The van der Waals surface area contributed by atoms with Crippen LogP contribution in [0.3, 0.4) is 0 Å². The van der Waals surface area contributed by atoms with E-state index in [1.54, 1.807) is 18.2 Å². The topological polar surface area (TPSA) is 93.4 Å². The van der Waals surface area contributed by atoms with Gasteiger partial charge in [-0.15, -0.1) is 0 Å². The van der Waals surface area contributed by atoms with E-state index in [0.717, 1.165) is 4.47 Å². The van der Waals surface area contributed by atoms with E-state index in [-0.39, 0.29) is 0 Å². The Morgan fingerprint density at radius 3 is 2.90 bits per heavy atom. The van der Waals surface area contributed by atoms with Crippen molar-refractivity contribution in [3.8, 4) is 6.07 Å². The molecule has 1 aromatic rings. The SMILES string of the molecule is N#Cc1ccc(Br)cc1NC(=O)N1CCC[C@H]1C(=O)O. The van der Waals surface area contributed by atoms with Gasteiger partial charge in [0.2, 0.25) is 0 Å². The second kappa shape index (κ2) is 5.92. The first kappa shape index (κ1) is 14.3. The van der Waals surface area contributed by atoms with Crippen LogP contribution in [0.1, 0.15) is 18.4 Å². The summed E-state index contributed by atoms with van der Waals surface area (Å²) in [6, 6.07) is 5.58. The van der Waals surface area contributed by atoms with Crippen molar-refractivity contribution in [2.45, 2.75) is 18.9 Å². The Labute approximate surface area is 124 Å². The summed E-state index contributed by atoms with van der Waals surface area (Å²) in [5.74, 6) is -1.01. The van der Waals surface area contributed by atoms with Crippen molar-refractivity contribution in [1.82, 2.24) is 4.90 Å². The van der Waals surface area contributed by atoms with Gasteiger partial charge in [-0.05, 0) is 31.0 Å². The highest BCUT2D eigenvalue weighted by molar-refractivity contribution is 9.10. The molecule has 2 amide bonds. The highest BCUT2D eigenvalue weighted by Gasteiger charge is 2.34. The maximum absolute atomic E-state index is 12.1. The molecule has 104 valence electrons. The van der Waals surface area contributed by atoms with E-state index in [2.05, 4.69) is 21.2 Å². The van der Waals surface area contributed by atoms with E-state index in [1.807, 2.05) is 6.07 Å². The second-order valence-electron chi connectivity index (χ2n) is 4.42. The van der Waals surface area contributed by atoms with E-state index in [1.165, 1.54) is 4.90 Å². The molecule has 0 radical (unpaired) electrons. The predicted octanol–water partition coefficient (Wildman–Crippen LogP) is 2.40. The number of rotatable bonds is 2. The quantitative estimate of drug-likeness (QED) is 0.866. The summed E-state index contributed by atoms with van der Waals surface area (Å²) in [6.45, 7) is 0.401. The predicted molar refractivity (Wildman–Crippen MR) is 75.2 cm³/mol. The number of amides is 2. The Kier molecular flexibility index (Phi) is 4.25. The van der Waals surface area contributed by atoms with Gasteiger partial charge in [0.15, 0.2) is 0 Å². The molecule has 0 saturated carbocycles. The summed E-state index contributed by atoms with van der Waals surface area (Å²) in [7, 11) is 0. The molecular formula is C13H12BrN3O3. The van der Waals surface area contributed by atoms with Gasteiger partial charge in [-0.3, -0.25) is 0 Å². The first-order valence-corrected chi connectivity index (χ1v) is 6.82. The van der Waals surface area contributed by atoms with E-state index >= 15 is 0 Å². The number of nitrogens with one attached hydrogen (secondary N) is 1. The average molecular weight is 338 g/mol. The van der Waals surface area contributed by atoms with Crippen LogP contribution in [0.2, 0.25) is 0 Å². The number of aliphatic carboxylic acids is 1. The molecule has 1 atom stereocenters. The maximum atomic E-state index is 12.1. The molecule has 1 heterocycles. The molecule has 0 unspecified atom stereocenters. The maximum Gasteiger partial charge on any atom is 0.326 e. The Hall–Kier alpha value is -2.07. The Bertz CT molecular complexity index is 597. The summed E-state index contributed by atoms with van der Waals surface area (Å²) in [5.41, 5.74) is 0.690. The van der Waals surface area contributed by atoms with Gasteiger partial charge in [-0.25, -0.2) is 9.59 Å². The van der Waals surface area contributed by atoms with Crippen LogP contribution in [-0.2, 0) is 4.79 Å². The van der Waals surface area contributed by atoms with Crippen molar-refractivity contribution in [3.05, 3.63) is 28.2 Å². The van der Waals surface area contributed by atoms with Crippen molar-refractivity contribution >= 4 is 33.6 Å². The number of likely N-dealkylation sites (tertiary alicyclic amines) is 1. The molecule has 1 saturated heterocycles. The normalized spacial score (nSPS) is 17.6. The summed E-state index contributed by atoms with van der Waals surface area (Å²) >= 11 is 3.27. The molecule has 1 aliphatic rings. The summed E-state index contributed by atoms with van der Waals surface area (Å²) in [5, 5.41) is 20.7. The first-order chi connectivity index (χ1) is 9.52. The van der Waals surface area contributed by atoms with Crippen LogP contribution in [0, 0.1) is 11.3 Å². The van der Waals surface area contributed by atoms with Crippen LogP contribution >= 0.6 is 15.9 Å². The lowest BCUT2D eigenvalue weighted by molar-refractivity contribution is -0.141. The number of urea groups is 1. The molecule has 0 aromatic heterocycles. The van der Waals surface area contributed by atoms with Gasteiger partial charge in [0.25, 0.3) is 0 Å². The van der Waals surface area contributed by atoms with E-state index in [0.29, 0.717) is 30.6 Å². The molecule has 2 N–H and O–H groups in total. The molecular weight excluding hydrogens is 326 g/mol. The number of hydrogen-bond donors (Lipinski definition) is 2. The van der Waals surface area contributed by atoms with Gasteiger partial charge in [-0.2, -0.15) is 5.26 Å². The van der Waals surface area contributed by atoms with Crippen molar-refractivity contribution in [3.63, 3.8) is 0 Å². The van der Waals surface area contributed by atoms with Crippen molar-refractivity contribution in [2.75, 3.05) is 11.9 Å². The lowest BCUT2D eigenvalue weighted by Crippen LogP contribution is -2.42. The molecule has 20 heavy (non-hydrogen) atoms. The Balaban J connectivity index is 2.18. The van der Waals surface area contributed by atoms with Gasteiger partial charge in [0.1, 0.15) is 12.1 Å². The highest BCUT2D eigenvalue weighted by Crippen LogP contribution is 2.23. The molecule has 7 heteroatoms. The molecule has 2 rings (SSSR count). The van der Waals surface area contributed by atoms with Crippen molar-refractivity contribution in [2.24, 2.45) is 0 Å². The fourth-order valence-electron chi connectivity index (χ4n) is 2.17. The van der Waals surface area contributed by atoms with Crippen LogP contribution < -0.4 is 5.32 Å². The molecule has 1 aromatic carbocycles. The number of carboxylic acids is 1. The van der Waals surface area contributed by atoms with Crippen LogP contribution in [0.4, 0.5) is 10.5 Å². The number of carbonyl (C=O) groups is 2. The Morgan fingerprint density at radius 2 is 2.25 bits per heavy atom. The lowest BCUT2D eigenvalue weighted by Gasteiger charge is -2.22. The summed E-state index contributed by atoms with van der Waals surface area (Å²) in [6.07, 6.45) is 1.11. The van der Waals surface area contributed by atoms with Crippen LogP contribution in [0.5, 0.6) is 0 Å². The van der Waals surface area contributed by atoms with Crippen molar-refractivity contribution < 1.29 is 14.7 Å². The number of halogens is 1. The number of carboxylic acid groups (broad SMARTS) is 1. The molecule has 0 aliphatic carbocycles. The largest absolute Gasteiger partial charge is 0.480 e. The third-order valence-electron chi connectivity index (χ3n) is 3.14. The second-order valence-corrected chi connectivity index (χ2v) is 5.34. The molecule has 1 aliphatic heterocycles. The van der Waals surface area contributed by atoms with Gasteiger partial charge < -0.3 is 15.3 Å². The smallest absolute Gasteiger partial charge is 0.326 e. The third-order valence-corrected chi connectivity index (χ3v) is 3.64. The zero-order chi connectivity index (χ0) is 14.7. The minimum Gasteiger partial charge on any atom is -0.480 e. The zero-order valence-electron chi connectivity index (χ0n) is 10.5. The minimum absolute atomic E-state index is 0.327. The summed E-state index contributed by atoms with van der Waals surface area (Å²) in [4.78, 5) is 24.5. The summed E-state index contributed by atoms with van der Waals surface area (Å²) < 4.78 is 0.725. The van der Waals surface area contributed by atoms with E-state index in [4.69, 9.17) is 10.4 Å². The van der Waals surface area contributed by atoms with E-state index < -0.39 is 18.0 Å². The van der Waals surface area contributed by atoms with Gasteiger partial charge in [0.05, 0.1) is 11.3 Å². The molecule has 0 bridgehead atoms. The zero-order valence-corrected chi connectivity index (χ0v) is 12.1. The highest BCUT2D eigenvalue weighted by atomic mass is 79.9. The number of carbonyl (C=O) groups excluding carboxylic acids is 1. The number of benzene rings is 1. The number of nitriles is 1. The lowest BCUT2D eigenvalue weighted by atomic mass is 10.2. The first-order valence-electron chi connectivity index (χ1n) is 6.03. The molecule has 6 nitrogen and oxygen atoms in total. The standard InChI is InChI=1S/C13H12BrN3O3/c14-9-4-3-8(7-15)10(6-9)16-13(20)17-5-1-2-11(17)12(18)19/h3-4,6,11H,1-2,5H2,(H,16,20)(H,18,19)/t11-/m0/s1. The van der Waals surface area contributed by atoms with Crippen LogP contribution in [-0.4, -0.2) is 34.6 Å². The number of hydrogen-bond acceptors (Lipinski definition) is 3. The monoisotopic (exact) mass is 337 g/mol.